The lowest BCUT2D eigenvalue weighted by Crippen LogP contribution is -2.28. The molecule has 2 rings (SSSR count). The van der Waals surface area contributed by atoms with Gasteiger partial charge in [0.1, 0.15) is 5.75 Å². The van der Waals surface area contributed by atoms with Crippen molar-refractivity contribution in [3.63, 3.8) is 0 Å². The maximum absolute atomic E-state index is 12.3. The minimum atomic E-state index is -0.742. The monoisotopic (exact) mass is 328 g/mol. The molecule has 0 spiro atoms. The van der Waals surface area contributed by atoms with Crippen LogP contribution < -0.4 is 10.6 Å². The van der Waals surface area contributed by atoms with Gasteiger partial charge in [-0.15, -0.1) is 0 Å². The van der Waals surface area contributed by atoms with Gasteiger partial charge in [-0.2, -0.15) is 0 Å². The fraction of sp³-hybridized carbons (Fsp3) is 0.316. The standard InChI is InChI=1S/C19H24N2O3/c1-13(2)20-12-18(23)15-8-9-17(22)16(10-15)19(24)21-11-14-6-4-3-5-7-14/h3-10,13,18,20,22-23H,11-12H2,1-2H3,(H,21,24). The quantitative estimate of drug-likeness (QED) is 0.629. The number of nitrogens with one attached hydrogen (secondary N) is 2. The van der Waals surface area contributed by atoms with Gasteiger partial charge in [0, 0.05) is 19.1 Å². The largest absolute Gasteiger partial charge is 0.507 e. The first kappa shape index (κ1) is 18.0. The number of phenolic OH excluding ortho intramolecular Hbond substituents is 1. The van der Waals surface area contributed by atoms with Crippen LogP contribution in [0.5, 0.6) is 5.75 Å². The van der Waals surface area contributed by atoms with Gasteiger partial charge in [0.25, 0.3) is 5.91 Å². The Hall–Kier alpha value is -2.37. The third-order valence-corrected chi connectivity index (χ3v) is 3.67. The number of hydrogen-bond acceptors (Lipinski definition) is 4. The van der Waals surface area contributed by atoms with Crippen molar-refractivity contribution in [3.05, 3.63) is 65.2 Å². The molecule has 0 radical (unpaired) electrons. The predicted molar refractivity (Wildman–Crippen MR) is 93.8 cm³/mol. The van der Waals surface area contributed by atoms with E-state index in [1.165, 1.54) is 12.1 Å². The number of phenols is 1. The molecule has 0 saturated heterocycles. The van der Waals surface area contributed by atoms with E-state index in [-0.39, 0.29) is 23.3 Å². The van der Waals surface area contributed by atoms with Gasteiger partial charge in [-0.05, 0) is 23.3 Å². The fourth-order valence-electron chi connectivity index (χ4n) is 2.28. The number of aliphatic hydroxyl groups is 1. The summed E-state index contributed by atoms with van der Waals surface area (Å²) >= 11 is 0. The zero-order chi connectivity index (χ0) is 17.5. The molecule has 2 aromatic rings. The lowest BCUT2D eigenvalue weighted by molar-refractivity contribution is 0.0948. The van der Waals surface area contributed by atoms with E-state index >= 15 is 0 Å². The summed E-state index contributed by atoms with van der Waals surface area (Å²) in [4.78, 5) is 12.3. The molecule has 2 aromatic carbocycles. The molecular formula is C19H24N2O3. The van der Waals surface area contributed by atoms with E-state index in [1.807, 2.05) is 44.2 Å². The van der Waals surface area contributed by atoms with E-state index in [4.69, 9.17) is 0 Å². The molecule has 0 aromatic heterocycles. The Morgan fingerprint density at radius 2 is 1.83 bits per heavy atom. The molecule has 128 valence electrons. The Morgan fingerprint density at radius 1 is 1.12 bits per heavy atom. The van der Waals surface area contributed by atoms with Crippen LogP contribution in [0.15, 0.2) is 48.5 Å². The topological polar surface area (TPSA) is 81.6 Å². The number of carbonyl (C=O) groups is 1. The van der Waals surface area contributed by atoms with Crippen LogP contribution in [0.25, 0.3) is 0 Å². The van der Waals surface area contributed by atoms with Crippen molar-refractivity contribution < 1.29 is 15.0 Å². The van der Waals surface area contributed by atoms with Gasteiger partial charge in [0.15, 0.2) is 0 Å². The molecule has 5 heteroatoms. The lowest BCUT2D eigenvalue weighted by atomic mass is 10.0. The summed E-state index contributed by atoms with van der Waals surface area (Å²) in [5.41, 5.74) is 1.72. The van der Waals surface area contributed by atoms with Gasteiger partial charge in [0.2, 0.25) is 0 Å². The minimum Gasteiger partial charge on any atom is -0.507 e. The smallest absolute Gasteiger partial charge is 0.255 e. The van der Waals surface area contributed by atoms with Crippen LogP contribution in [0.2, 0.25) is 0 Å². The van der Waals surface area contributed by atoms with Gasteiger partial charge in [-0.25, -0.2) is 0 Å². The highest BCUT2D eigenvalue weighted by Gasteiger charge is 2.15. The molecule has 1 unspecified atom stereocenters. The molecule has 0 bridgehead atoms. The Balaban J connectivity index is 2.05. The summed E-state index contributed by atoms with van der Waals surface area (Å²) in [5.74, 6) is -0.476. The maximum atomic E-state index is 12.3. The predicted octanol–water partition coefficient (Wildman–Crippen LogP) is 2.35. The van der Waals surface area contributed by atoms with E-state index in [0.717, 1.165) is 5.56 Å². The Labute approximate surface area is 142 Å². The second-order valence-corrected chi connectivity index (χ2v) is 6.02. The van der Waals surface area contributed by atoms with Crippen LogP contribution in [0.3, 0.4) is 0 Å². The summed E-state index contributed by atoms with van der Waals surface area (Å²) in [6, 6.07) is 14.4. The molecule has 0 aliphatic rings. The lowest BCUT2D eigenvalue weighted by Gasteiger charge is -2.16. The first-order valence-corrected chi connectivity index (χ1v) is 8.04. The van der Waals surface area contributed by atoms with Crippen LogP contribution in [0, 0.1) is 0 Å². The van der Waals surface area contributed by atoms with Gasteiger partial charge in [-0.1, -0.05) is 50.2 Å². The normalized spacial score (nSPS) is 12.2. The van der Waals surface area contributed by atoms with Gasteiger partial charge in [-0.3, -0.25) is 4.79 Å². The molecule has 1 amide bonds. The van der Waals surface area contributed by atoms with E-state index in [9.17, 15) is 15.0 Å². The Morgan fingerprint density at radius 3 is 2.50 bits per heavy atom. The molecule has 4 N–H and O–H groups in total. The summed E-state index contributed by atoms with van der Waals surface area (Å²) in [7, 11) is 0. The van der Waals surface area contributed by atoms with Crippen molar-refractivity contribution >= 4 is 5.91 Å². The fourth-order valence-corrected chi connectivity index (χ4v) is 2.28. The minimum absolute atomic E-state index is 0.103. The molecule has 1 atom stereocenters. The number of aliphatic hydroxyl groups excluding tert-OH is 1. The average molecular weight is 328 g/mol. The second-order valence-electron chi connectivity index (χ2n) is 6.02. The summed E-state index contributed by atoms with van der Waals surface area (Å²) in [6.07, 6.45) is -0.742. The molecule has 0 heterocycles. The molecule has 0 aliphatic heterocycles. The van der Waals surface area contributed by atoms with Crippen molar-refractivity contribution in [1.29, 1.82) is 0 Å². The Kier molecular flexibility index (Phi) is 6.35. The average Bonchev–Trinajstić information content (AvgIpc) is 2.58. The first-order valence-electron chi connectivity index (χ1n) is 8.04. The zero-order valence-electron chi connectivity index (χ0n) is 14.0. The number of aromatic hydroxyl groups is 1. The highest BCUT2D eigenvalue weighted by molar-refractivity contribution is 5.97. The van der Waals surface area contributed by atoms with E-state index in [1.54, 1.807) is 6.07 Å². The first-order chi connectivity index (χ1) is 11.5. The number of hydrogen-bond donors (Lipinski definition) is 4. The van der Waals surface area contributed by atoms with E-state index in [0.29, 0.717) is 18.7 Å². The van der Waals surface area contributed by atoms with Crippen molar-refractivity contribution in [2.24, 2.45) is 0 Å². The van der Waals surface area contributed by atoms with Crippen molar-refractivity contribution in [2.45, 2.75) is 32.5 Å². The van der Waals surface area contributed by atoms with Crippen LogP contribution in [-0.2, 0) is 6.54 Å². The summed E-state index contributed by atoms with van der Waals surface area (Å²) < 4.78 is 0. The number of benzene rings is 2. The van der Waals surface area contributed by atoms with Crippen molar-refractivity contribution in [2.75, 3.05) is 6.54 Å². The highest BCUT2D eigenvalue weighted by Crippen LogP contribution is 2.22. The number of amides is 1. The van der Waals surface area contributed by atoms with Gasteiger partial charge in [0.05, 0.1) is 11.7 Å². The van der Waals surface area contributed by atoms with Gasteiger partial charge >= 0.3 is 0 Å². The zero-order valence-corrected chi connectivity index (χ0v) is 14.0. The van der Waals surface area contributed by atoms with Crippen molar-refractivity contribution in [1.82, 2.24) is 10.6 Å². The highest BCUT2D eigenvalue weighted by atomic mass is 16.3. The van der Waals surface area contributed by atoms with E-state index < -0.39 is 6.10 Å². The van der Waals surface area contributed by atoms with Crippen molar-refractivity contribution in [3.8, 4) is 5.75 Å². The van der Waals surface area contributed by atoms with Crippen LogP contribution in [0.4, 0.5) is 0 Å². The second kappa shape index (κ2) is 8.47. The molecular weight excluding hydrogens is 304 g/mol. The van der Waals surface area contributed by atoms with Crippen LogP contribution in [0.1, 0.15) is 41.4 Å². The number of carbonyl (C=O) groups excluding carboxylic acids is 1. The SMILES string of the molecule is CC(C)NCC(O)c1ccc(O)c(C(=O)NCc2ccccc2)c1. The Bertz CT molecular complexity index is 672. The third kappa shape index (κ3) is 5.08. The summed E-state index contributed by atoms with van der Waals surface area (Å²) in [6.45, 7) is 4.74. The van der Waals surface area contributed by atoms with E-state index in [2.05, 4.69) is 10.6 Å². The summed E-state index contributed by atoms with van der Waals surface area (Å²) in [5, 5.41) is 26.1. The van der Waals surface area contributed by atoms with Gasteiger partial charge < -0.3 is 20.8 Å². The number of rotatable bonds is 7. The molecule has 5 nitrogen and oxygen atoms in total. The molecule has 0 aliphatic carbocycles. The third-order valence-electron chi connectivity index (χ3n) is 3.67. The maximum Gasteiger partial charge on any atom is 0.255 e. The molecule has 24 heavy (non-hydrogen) atoms. The molecule has 0 fully saturated rings. The molecule has 0 saturated carbocycles. The van der Waals surface area contributed by atoms with Crippen LogP contribution >= 0.6 is 0 Å². The van der Waals surface area contributed by atoms with Crippen LogP contribution in [-0.4, -0.2) is 28.7 Å².